The first-order valence-corrected chi connectivity index (χ1v) is 8.20. The predicted octanol–water partition coefficient (Wildman–Crippen LogP) is 4.16. The molecule has 1 N–H and O–H groups in total. The van der Waals surface area contributed by atoms with Crippen LogP contribution in [0.2, 0.25) is 0 Å². The van der Waals surface area contributed by atoms with Crippen LogP contribution in [0.1, 0.15) is 17.3 Å². The fraction of sp³-hybridized carbons (Fsp3) is 0.333. The average molecular weight is 371 g/mol. The average Bonchev–Trinajstić information content (AvgIpc) is 3.25. The highest BCUT2D eigenvalue weighted by Crippen LogP contribution is 2.39. The first-order chi connectivity index (χ1) is 13.2. The van der Waals surface area contributed by atoms with E-state index >= 15 is 0 Å². The molecule has 0 saturated heterocycles. The molecule has 2 aromatic rings. The van der Waals surface area contributed by atoms with Crippen molar-refractivity contribution >= 4 is 5.69 Å². The van der Waals surface area contributed by atoms with E-state index in [0.29, 0.717) is 29.5 Å². The van der Waals surface area contributed by atoms with Crippen molar-refractivity contribution in [3.63, 3.8) is 0 Å². The summed E-state index contributed by atoms with van der Waals surface area (Å²) in [7, 11) is 6.38. The maximum atomic E-state index is 5.40. The second-order valence-electron chi connectivity index (χ2n) is 5.62. The van der Waals surface area contributed by atoms with E-state index < -0.39 is 6.17 Å². The van der Waals surface area contributed by atoms with E-state index in [1.54, 1.807) is 28.4 Å². The molecule has 2 aromatic carbocycles. The predicted molar refractivity (Wildman–Crippen MR) is 98.9 cm³/mol. The Labute approximate surface area is 157 Å². The highest BCUT2D eigenvalue weighted by molar-refractivity contribution is 5.62. The topological polar surface area (TPSA) is 98.4 Å². The Kier molecular flexibility index (Phi) is 5.70. The highest BCUT2D eigenvalue weighted by atomic mass is 16.5. The Morgan fingerprint density at radius 1 is 0.778 bits per heavy atom. The molecule has 1 aliphatic rings. The molecule has 142 valence electrons. The fourth-order valence-electron chi connectivity index (χ4n) is 2.74. The summed E-state index contributed by atoms with van der Waals surface area (Å²) in [5.74, 6) is 2.53. The summed E-state index contributed by atoms with van der Waals surface area (Å²) in [4.78, 5) is 0. The van der Waals surface area contributed by atoms with Crippen LogP contribution in [0.4, 0.5) is 5.69 Å². The second-order valence-corrected chi connectivity index (χ2v) is 5.62. The zero-order valence-electron chi connectivity index (χ0n) is 15.6. The third-order valence-corrected chi connectivity index (χ3v) is 4.13. The summed E-state index contributed by atoms with van der Waals surface area (Å²) in [6.07, 6.45) is -0.516. The van der Waals surface area contributed by atoms with E-state index in [4.69, 9.17) is 18.9 Å². The first-order valence-electron chi connectivity index (χ1n) is 8.20. The summed E-state index contributed by atoms with van der Waals surface area (Å²) in [6, 6.07) is 9.41. The van der Waals surface area contributed by atoms with Crippen LogP contribution < -0.4 is 24.3 Å². The molecule has 0 aromatic heterocycles. The Morgan fingerprint density at radius 3 is 2.00 bits per heavy atom. The number of hydrogen-bond donors (Lipinski definition) is 1. The smallest absolute Gasteiger partial charge is 0.212 e. The molecule has 0 amide bonds. The molecule has 1 heterocycles. The molecule has 0 bridgehead atoms. The summed E-state index contributed by atoms with van der Waals surface area (Å²) in [6.45, 7) is 0.545. The maximum Gasteiger partial charge on any atom is 0.212 e. The fourth-order valence-corrected chi connectivity index (χ4v) is 2.74. The van der Waals surface area contributed by atoms with Crippen molar-refractivity contribution in [3.8, 4) is 23.0 Å². The number of benzene rings is 2. The van der Waals surface area contributed by atoms with Gasteiger partial charge in [-0.2, -0.15) is 0 Å². The lowest BCUT2D eigenvalue weighted by Gasteiger charge is -2.17. The Morgan fingerprint density at radius 2 is 1.37 bits per heavy atom. The molecule has 27 heavy (non-hydrogen) atoms. The van der Waals surface area contributed by atoms with Gasteiger partial charge in [0.2, 0.25) is 6.17 Å². The van der Waals surface area contributed by atoms with Gasteiger partial charge in [0.05, 0.1) is 28.4 Å². The Hall–Kier alpha value is -3.36. The zero-order chi connectivity index (χ0) is 19.2. The van der Waals surface area contributed by atoms with Crippen LogP contribution in [0.3, 0.4) is 0 Å². The molecule has 9 nitrogen and oxygen atoms in total. The molecule has 3 rings (SSSR count). The molecular weight excluding hydrogens is 350 g/mol. The van der Waals surface area contributed by atoms with Crippen molar-refractivity contribution < 1.29 is 18.9 Å². The number of nitrogens with zero attached hydrogens (tertiary/aromatic N) is 4. The van der Waals surface area contributed by atoms with Crippen molar-refractivity contribution in [2.45, 2.75) is 12.7 Å². The lowest BCUT2D eigenvalue weighted by atomic mass is 10.1. The van der Waals surface area contributed by atoms with Crippen LogP contribution in [0.5, 0.6) is 23.0 Å². The van der Waals surface area contributed by atoms with Crippen molar-refractivity contribution in [3.05, 3.63) is 41.5 Å². The van der Waals surface area contributed by atoms with Gasteiger partial charge in [-0.05, 0) is 34.2 Å². The van der Waals surface area contributed by atoms with Gasteiger partial charge in [0, 0.05) is 23.9 Å². The summed E-state index contributed by atoms with van der Waals surface area (Å²) in [5.41, 5.74) is 2.61. The van der Waals surface area contributed by atoms with E-state index in [1.165, 1.54) is 0 Å². The lowest BCUT2D eigenvalue weighted by molar-refractivity contribution is 0.354. The van der Waals surface area contributed by atoms with Gasteiger partial charge in [-0.25, -0.2) is 0 Å². The van der Waals surface area contributed by atoms with Gasteiger partial charge in [-0.3, -0.25) is 0 Å². The minimum absolute atomic E-state index is 0.516. The molecule has 0 atom stereocenters. The van der Waals surface area contributed by atoms with Gasteiger partial charge in [0.15, 0.2) is 23.0 Å². The quantitative estimate of drug-likeness (QED) is 0.751. The first kappa shape index (κ1) is 18.4. The van der Waals surface area contributed by atoms with Crippen LogP contribution in [-0.2, 0) is 6.54 Å². The van der Waals surface area contributed by atoms with Crippen LogP contribution in [-0.4, -0.2) is 28.4 Å². The van der Waals surface area contributed by atoms with Crippen LogP contribution >= 0.6 is 0 Å². The van der Waals surface area contributed by atoms with Crippen LogP contribution in [0, 0.1) is 0 Å². The van der Waals surface area contributed by atoms with Gasteiger partial charge in [-0.15, -0.1) is 10.2 Å². The van der Waals surface area contributed by atoms with E-state index in [0.717, 1.165) is 16.8 Å². The second kappa shape index (κ2) is 8.35. The molecule has 0 spiro atoms. The van der Waals surface area contributed by atoms with E-state index in [-0.39, 0.29) is 0 Å². The molecule has 9 heteroatoms. The Balaban J connectivity index is 1.89. The number of hydrogen-bond acceptors (Lipinski definition) is 9. The third kappa shape index (κ3) is 3.91. The third-order valence-electron chi connectivity index (χ3n) is 4.13. The molecule has 0 radical (unpaired) electrons. The normalized spacial score (nSPS) is 12.9. The SMILES string of the molecule is COc1ccc(CNc2cc(OC)c(OC)cc2C2N=NN=N2)cc1OC. The van der Waals surface area contributed by atoms with E-state index in [9.17, 15) is 0 Å². The molecular formula is C18H21N5O4. The Bertz CT molecular complexity index is 857. The van der Waals surface area contributed by atoms with E-state index in [2.05, 4.69) is 26.0 Å². The molecule has 1 aliphatic heterocycles. The van der Waals surface area contributed by atoms with Gasteiger partial charge in [0.25, 0.3) is 0 Å². The molecule has 0 fully saturated rings. The number of methoxy groups -OCH3 is 4. The summed E-state index contributed by atoms with van der Waals surface area (Å²) >= 11 is 0. The summed E-state index contributed by atoms with van der Waals surface area (Å²) in [5, 5.41) is 18.6. The summed E-state index contributed by atoms with van der Waals surface area (Å²) < 4.78 is 21.4. The number of anilines is 1. The number of ether oxygens (including phenoxy) is 4. The van der Waals surface area contributed by atoms with Gasteiger partial charge >= 0.3 is 0 Å². The monoisotopic (exact) mass is 371 g/mol. The zero-order valence-corrected chi connectivity index (χ0v) is 15.6. The molecule has 0 saturated carbocycles. The standard InChI is InChI=1S/C18H21N5O4/c1-24-14-6-5-11(7-15(14)25-2)10-19-13-9-17(27-4)16(26-3)8-12(13)18-20-22-23-21-18/h5-9,18-19H,10H2,1-4H3. The van der Waals surface area contributed by atoms with Gasteiger partial charge in [0.1, 0.15) is 0 Å². The van der Waals surface area contributed by atoms with Gasteiger partial charge in [-0.1, -0.05) is 6.07 Å². The number of nitrogens with one attached hydrogen (secondary N) is 1. The molecule has 0 unspecified atom stereocenters. The van der Waals surface area contributed by atoms with Crippen LogP contribution in [0.15, 0.2) is 51.0 Å². The van der Waals surface area contributed by atoms with Gasteiger partial charge < -0.3 is 24.3 Å². The van der Waals surface area contributed by atoms with Crippen LogP contribution in [0.25, 0.3) is 0 Å². The number of rotatable bonds is 8. The van der Waals surface area contributed by atoms with Crippen molar-refractivity contribution in [1.29, 1.82) is 0 Å². The maximum absolute atomic E-state index is 5.40. The largest absolute Gasteiger partial charge is 0.493 e. The minimum atomic E-state index is -0.516. The van der Waals surface area contributed by atoms with E-state index in [1.807, 2.05) is 30.3 Å². The highest BCUT2D eigenvalue weighted by Gasteiger charge is 2.21. The minimum Gasteiger partial charge on any atom is -0.493 e. The van der Waals surface area contributed by atoms with Crippen molar-refractivity contribution in [2.75, 3.05) is 33.8 Å². The molecule has 0 aliphatic carbocycles. The lowest BCUT2D eigenvalue weighted by Crippen LogP contribution is -2.06. The van der Waals surface area contributed by atoms with Crippen molar-refractivity contribution in [2.24, 2.45) is 20.7 Å². The van der Waals surface area contributed by atoms with Crippen molar-refractivity contribution in [1.82, 2.24) is 0 Å².